The van der Waals surface area contributed by atoms with Crippen molar-refractivity contribution in [1.29, 1.82) is 0 Å². The number of benzene rings is 1. The van der Waals surface area contributed by atoms with Gasteiger partial charge in [-0.2, -0.15) is 4.89 Å². The Hall–Kier alpha value is -2.14. The van der Waals surface area contributed by atoms with Gasteiger partial charge in [0.15, 0.2) is 0 Å². The zero-order chi connectivity index (χ0) is 15.3. The Bertz CT molecular complexity index is 441. The molecule has 0 fully saturated rings. The van der Waals surface area contributed by atoms with Crippen molar-refractivity contribution >= 4 is 11.9 Å². The summed E-state index contributed by atoms with van der Waals surface area (Å²) in [5, 5.41) is 0. The van der Waals surface area contributed by atoms with E-state index < -0.39 is 5.97 Å². The van der Waals surface area contributed by atoms with Crippen LogP contribution in [0.4, 0.5) is 0 Å². The highest BCUT2D eigenvalue weighted by Crippen LogP contribution is 2.04. The van der Waals surface area contributed by atoms with Gasteiger partial charge in [0.25, 0.3) is 0 Å². The third kappa shape index (κ3) is 7.89. The highest BCUT2D eigenvalue weighted by atomic mass is 17.2. The lowest BCUT2D eigenvalue weighted by Crippen LogP contribution is -2.06. The predicted molar refractivity (Wildman–Crippen MR) is 77.4 cm³/mol. The van der Waals surface area contributed by atoms with Crippen molar-refractivity contribution in [2.24, 2.45) is 0 Å². The zero-order valence-electron chi connectivity index (χ0n) is 12.0. The summed E-state index contributed by atoms with van der Waals surface area (Å²) in [7, 11) is 0. The van der Waals surface area contributed by atoms with Gasteiger partial charge in [0.1, 0.15) is 0 Å². The molecule has 0 N–H and O–H groups in total. The van der Waals surface area contributed by atoms with Gasteiger partial charge >= 0.3 is 11.9 Å². The first-order valence-electron chi connectivity index (χ1n) is 6.92. The van der Waals surface area contributed by atoms with E-state index in [0.717, 1.165) is 31.8 Å². The van der Waals surface area contributed by atoms with E-state index in [4.69, 9.17) is 4.74 Å². The number of hydrogen-bond donors (Lipinski definition) is 0. The maximum atomic E-state index is 11.6. The van der Waals surface area contributed by atoms with Crippen molar-refractivity contribution in [3.8, 4) is 0 Å². The highest BCUT2D eigenvalue weighted by molar-refractivity contribution is 5.89. The summed E-state index contributed by atoms with van der Waals surface area (Å²) in [6, 6.07) is 8.91. The number of carbonyl (C=O) groups excluding carboxylic acids is 2. The quantitative estimate of drug-likeness (QED) is 0.218. The topological polar surface area (TPSA) is 61.8 Å². The van der Waals surface area contributed by atoms with E-state index in [0.29, 0.717) is 18.8 Å². The predicted octanol–water partition coefficient (Wildman–Crippen LogP) is 3.06. The average Bonchev–Trinajstić information content (AvgIpc) is 2.53. The molecular formula is C16H20O5. The number of unbranched alkanes of at least 4 members (excludes halogenated alkanes) is 3. The standard InChI is InChI=1S/C16H20O5/c1-2-15(17)21-20-13-9-4-3-8-12-19-16(18)14-10-6-5-7-11-14/h2,5-7,10-11H,1,3-4,8-9,12-13H2. The van der Waals surface area contributed by atoms with Gasteiger partial charge in [-0.1, -0.05) is 31.2 Å². The van der Waals surface area contributed by atoms with Crippen LogP contribution >= 0.6 is 0 Å². The van der Waals surface area contributed by atoms with Crippen molar-refractivity contribution in [2.75, 3.05) is 13.2 Å². The molecule has 0 saturated carbocycles. The summed E-state index contributed by atoms with van der Waals surface area (Å²) in [6.45, 7) is 4.00. The maximum absolute atomic E-state index is 11.6. The number of hydrogen-bond acceptors (Lipinski definition) is 5. The number of carbonyl (C=O) groups is 2. The summed E-state index contributed by atoms with van der Waals surface area (Å²) in [4.78, 5) is 31.3. The van der Waals surface area contributed by atoms with Crippen LogP contribution in [0.5, 0.6) is 0 Å². The van der Waals surface area contributed by atoms with Gasteiger partial charge in [-0.25, -0.2) is 9.59 Å². The molecule has 5 nitrogen and oxygen atoms in total. The Morgan fingerprint density at radius 1 is 1.00 bits per heavy atom. The number of ether oxygens (including phenoxy) is 1. The lowest BCUT2D eigenvalue weighted by molar-refractivity contribution is -0.267. The van der Waals surface area contributed by atoms with Crippen LogP contribution in [-0.4, -0.2) is 25.2 Å². The van der Waals surface area contributed by atoms with E-state index in [1.165, 1.54) is 0 Å². The van der Waals surface area contributed by atoms with E-state index in [2.05, 4.69) is 16.4 Å². The van der Waals surface area contributed by atoms with Gasteiger partial charge in [0.2, 0.25) is 0 Å². The van der Waals surface area contributed by atoms with Gasteiger partial charge in [-0.05, 0) is 31.4 Å². The summed E-state index contributed by atoms with van der Waals surface area (Å²) >= 11 is 0. The molecule has 0 spiro atoms. The fourth-order valence-corrected chi connectivity index (χ4v) is 1.57. The first kappa shape index (κ1) is 16.9. The van der Waals surface area contributed by atoms with Crippen LogP contribution in [0.25, 0.3) is 0 Å². The van der Waals surface area contributed by atoms with Gasteiger partial charge < -0.3 is 4.74 Å². The Morgan fingerprint density at radius 3 is 2.33 bits per heavy atom. The summed E-state index contributed by atoms with van der Waals surface area (Å²) in [5.41, 5.74) is 0.565. The van der Waals surface area contributed by atoms with Crippen LogP contribution < -0.4 is 0 Å². The molecule has 0 aliphatic rings. The van der Waals surface area contributed by atoms with Crippen LogP contribution in [0, 0.1) is 0 Å². The molecule has 0 saturated heterocycles. The molecule has 1 aromatic carbocycles. The van der Waals surface area contributed by atoms with Crippen molar-refractivity contribution in [2.45, 2.75) is 25.7 Å². The molecule has 5 heteroatoms. The molecule has 0 aromatic heterocycles. The van der Waals surface area contributed by atoms with Crippen LogP contribution in [0.15, 0.2) is 43.0 Å². The molecule has 0 atom stereocenters. The lowest BCUT2D eigenvalue weighted by atomic mass is 10.2. The van der Waals surface area contributed by atoms with Gasteiger partial charge in [0.05, 0.1) is 18.8 Å². The second-order valence-corrected chi connectivity index (χ2v) is 4.34. The lowest BCUT2D eigenvalue weighted by Gasteiger charge is -2.05. The fourth-order valence-electron chi connectivity index (χ4n) is 1.57. The summed E-state index contributed by atoms with van der Waals surface area (Å²) < 4.78 is 5.15. The largest absolute Gasteiger partial charge is 0.462 e. The van der Waals surface area contributed by atoms with Crippen molar-refractivity contribution in [3.05, 3.63) is 48.6 Å². The Kier molecular flexibility index (Phi) is 8.56. The van der Waals surface area contributed by atoms with E-state index >= 15 is 0 Å². The molecule has 0 radical (unpaired) electrons. The SMILES string of the molecule is C=CC(=O)OOCCCCCCOC(=O)c1ccccc1. The third-order valence-electron chi connectivity index (χ3n) is 2.67. The summed E-state index contributed by atoms with van der Waals surface area (Å²) in [6.07, 6.45) is 4.44. The Balaban J connectivity index is 1.94. The monoisotopic (exact) mass is 292 g/mol. The second-order valence-electron chi connectivity index (χ2n) is 4.34. The normalized spacial score (nSPS) is 9.90. The van der Waals surface area contributed by atoms with Gasteiger partial charge in [-0.15, -0.1) is 0 Å². The van der Waals surface area contributed by atoms with Crippen LogP contribution in [0.1, 0.15) is 36.0 Å². The first-order chi connectivity index (χ1) is 10.2. The third-order valence-corrected chi connectivity index (χ3v) is 2.67. The smallest absolute Gasteiger partial charge is 0.365 e. The van der Waals surface area contributed by atoms with Gasteiger partial charge in [0, 0.05) is 6.08 Å². The van der Waals surface area contributed by atoms with Crippen molar-refractivity contribution in [3.63, 3.8) is 0 Å². The van der Waals surface area contributed by atoms with Crippen LogP contribution in [0.2, 0.25) is 0 Å². The van der Waals surface area contributed by atoms with E-state index in [1.807, 2.05) is 6.07 Å². The highest BCUT2D eigenvalue weighted by Gasteiger charge is 2.04. The fraction of sp³-hybridized carbons (Fsp3) is 0.375. The van der Waals surface area contributed by atoms with E-state index in [9.17, 15) is 9.59 Å². The Morgan fingerprint density at radius 2 is 1.67 bits per heavy atom. The molecule has 21 heavy (non-hydrogen) atoms. The molecule has 0 heterocycles. The molecule has 0 amide bonds. The zero-order valence-corrected chi connectivity index (χ0v) is 12.0. The van der Waals surface area contributed by atoms with Crippen molar-refractivity contribution in [1.82, 2.24) is 0 Å². The second kappa shape index (κ2) is 10.6. The first-order valence-corrected chi connectivity index (χ1v) is 6.92. The minimum Gasteiger partial charge on any atom is -0.462 e. The van der Waals surface area contributed by atoms with Crippen LogP contribution in [0.3, 0.4) is 0 Å². The van der Waals surface area contributed by atoms with Crippen LogP contribution in [-0.2, 0) is 19.3 Å². The number of esters is 1. The molecule has 0 unspecified atom stereocenters. The minimum atomic E-state index is -0.595. The average molecular weight is 292 g/mol. The molecule has 0 bridgehead atoms. The number of rotatable bonds is 10. The Labute approximate surface area is 124 Å². The molecular weight excluding hydrogens is 272 g/mol. The van der Waals surface area contributed by atoms with Gasteiger partial charge in [-0.3, -0.25) is 4.89 Å². The summed E-state index contributed by atoms with van der Waals surface area (Å²) in [5.74, 6) is -0.891. The molecule has 114 valence electrons. The molecule has 1 aromatic rings. The molecule has 1 rings (SSSR count). The van der Waals surface area contributed by atoms with Crippen molar-refractivity contribution < 1.29 is 24.1 Å². The molecule has 0 aliphatic carbocycles. The molecule has 0 aliphatic heterocycles. The van der Waals surface area contributed by atoms with E-state index in [-0.39, 0.29) is 5.97 Å². The minimum absolute atomic E-state index is 0.296. The van der Waals surface area contributed by atoms with E-state index in [1.54, 1.807) is 24.3 Å². The maximum Gasteiger partial charge on any atom is 0.365 e.